The quantitative estimate of drug-likeness (QED) is 0.601. The predicted molar refractivity (Wildman–Crippen MR) is 128 cm³/mol. The molecule has 1 saturated carbocycles. The molecule has 0 aromatic heterocycles. The molecule has 0 unspecified atom stereocenters. The van der Waals surface area contributed by atoms with Crippen molar-refractivity contribution >= 4 is 15.9 Å². The van der Waals surface area contributed by atoms with E-state index in [0.717, 1.165) is 56.9 Å². The second-order valence-electron chi connectivity index (χ2n) is 9.41. The van der Waals surface area contributed by atoms with Gasteiger partial charge in [0.05, 0.1) is 4.90 Å². The second kappa shape index (κ2) is 9.96. The molecule has 182 valence electrons. The molecule has 0 spiro atoms. The molecule has 1 saturated heterocycles. The highest BCUT2D eigenvalue weighted by molar-refractivity contribution is 7.89. The van der Waals surface area contributed by atoms with Crippen LogP contribution in [-0.2, 0) is 16.6 Å². The van der Waals surface area contributed by atoms with Crippen molar-refractivity contribution in [3.63, 3.8) is 0 Å². The van der Waals surface area contributed by atoms with E-state index in [1.807, 2.05) is 23.1 Å². The Hall–Kier alpha value is -2.58. The van der Waals surface area contributed by atoms with Crippen LogP contribution in [-0.4, -0.2) is 49.5 Å². The summed E-state index contributed by atoms with van der Waals surface area (Å²) in [5, 5.41) is 0. The van der Waals surface area contributed by atoms with Gasteiger partial charge in [-0.05, 0) is 61.6 Å². The Kier molecular flexibility index (Phi) is 6.79. The van der Waals surface area contributed by atoms with Crippen LogP contribution in [0.1, 0.15) is 67.3 Å². The van der Waals surface area contributed by atoms with Gasteiger partial charge >= 0.3 is 0 Å². The van der Waals surface area contributed by atoms with Gasteiger partial charge in [0, 0.05) is 31.2 Å². The lowest BCUT2D eigenvalue weighted by Crippen LogP contribution is -2.38. The first-order valence-electron chi connectivity index (χ1n) is 12.3. The molecule has 2 heterocycles. The monoisotopic (exact) mass is 484 g/mol. The van der Waals surface area contributed by atoms with Gasteiger partial charge in [-0.15, -0.1) is 0 Å². The van der Waals surface area contributed by atoms with Gasteiger partial charge in [-0.3, -0.25) is 4.79 Å². The van der Waals surface area contributed by atoms with E-state index in [1.165, 1.54) is 0 Å². The van der Waals surface area contributed by atoms with Crippen LogP contribution in [0.4, 0.5) is 0 Å². The van der Waals surface area contributed by atoms with Crippen LogP contribution in [0.5, 0.6) is 11.5 Å². The third kappa shape index (κ3) is 4.79. The summed E-state index contributed by atoms with van der Waals surface area (Å²) in [6, 6.07) is 12.5. The average molecular weight is 485 g/mol. The van der Waals surface area contributed by atoms with E-state index >= 15 is 0 Å². The third-order valence-electron chi connectivity index (χ3n) is 7.10. The van der Waals surface area contributed by atoms with E-state index < -0.39 is 10.0 Å². The van der Waals surface area contributed by atoms with Gasteiger partial charge < -0.3 is 14.4 Å². The zero-order valence-corrected chi connectivity index (χ0v) is 20.3. The van der Waals surface area contributed by atoms with Gasteiger partial charge in [0.25, 0.3) is 5.91 Å². The summed E-state index contributed by atoms with van der Waals surface area (Å²) >= 11 is 0. The minimum atomic E-state index is -3.62. The number of hydrogen-bond donors (Lipinski definition) is 0. The van der Waals surface area contributed by atoms with E-state index in [4.69, 9.17) is 9.47 Å². The minimum Gasteiger partial charge on any atom is -0.454 e. The van der Waals surface area contributed by atoms with E-state index in [2.05, 4.69) is 0 Å². The zero-order chi connectivity index (χ0) is 23.5. The second-order valence-corrected chi connectivity index (χ2v) is 11.3. The molecule has 34 heavy (non-hydrogen) atoms. The molecule has 5 rings (SSSR count). The van der Waals surface area contributed by atoms with Crippen LogP contribution in [0.2, 0.25) is 0 Å². The van der Waals surface area contributed by atoms with Gasteiger partial charge in [0.2, 0.25) is 16.8 Å². The molecule has 2 aliphatic heterocycles. The molecule has 2 aromatic rings. The summed E-state index contributed by atoms with van der Waals surface area (Å²) in [5.41, 5.74) is 1.39. The Morgan fingerprint density at radius 1 is 0.912 bits per heavy atom. The van der Waals surface area contributed by atoms with Crippen LogP contribution >= 0.6 is 0 Å². The first-order chi connectivity index (χ1) is 16.5. The largest absolute Gasteiger partial charge is 0.454 e. The summed E-state index contributed by atoms with van der Waals surface area (Å²) in [4.78, 5) is 15.9. The summed E-state index contributed by atoms with van der Waals surface area (Å²) in [6.45, 7) is 1.74. The lowest BCUT2D eigenvalue weighted by atomic mass is 10.1. The SMILES string of the molecule is O=C(c1cccc(S(=O)(=O)N2CCCCCC2)c1)N(Cc1ccc2c(c1)OCO2)C1CCCC1. The first-order valence-corrected chi connectivity index (χ1v) is 13.8. The van der Waals surface area contributed by atoms with E-state index in [1.54, 1.807) is 28.6 Å². The highest BCUT2D eigenvalue weighted by Gasteiger charge is 2.30. The predicted octanol–water partition coefficient (Wildman–Crippen LogP) is 4.57. The molecule has 0 N–H and O–H groups in total. The van der Waals surface area contributed by atoms with Crippen molar-refractivity contribution in [3.05, 3.63) is 53.6 Å². The average Bonchev–Trinajstić information content (AvgIpc) is 3.48. The van der Waals surface area contributed by atoms with Crippen molar-refractivity contribution in [2.45, 2.75) is 68.8 Å². The zero-order valence-electron chi connectivity index (χ0n) is 19.4. The van der Waals surface area contributed by atoms with Crippen molar-refractivity contribution in [1.29, 1.82) is 0 Å². The Bertz CT molecular complexity index is 1140. The maximum Gasteiger partial charge on any atom is 0.254 e. The number of ether oxygens (including phenoxy) is 2. The van der Waals surface area contributed by atoms with Gasteiger partial charge in [0.1, 0.15) is 0 Å². The summed E-state index contributed by atoms with van der Waals surface area (Å²) in [7, 11) is -3.62. The lowest BCUT2D eigenvalue weighted by molar-refractivity contribution is 0.0664. The Labute approximate surface area is 201 Å². The van der Waals surface area contributed by atoms with Gasteiger partial charge in [-0.1, -0.05) is 37.8 Å². The smallest absolute Gasteiger partial charge is 0.254 e. The third-order valence-corrected chi connectivity index (χ3v) is 8.99. The molecule has 8 heteroatoms. The van der Waals surface area contributed by atoms with Crippen LogP contribution in [0, 0.1) is 0 Å². The van der Waals surface area contributed by atoms with Crippen LogP contribution < -0.4 is 9.47 Å². The topological polar surface area (TPSA) is 76.2 Å². The van der Waals surface area contributed by atoms with E-state index in [-0.39, 0.29) is 23.6 Å². The van der Waals surface area contributed by atoms with Gasteiger partial charge in [-0.25, -0.2) is 8.42 Å². The maximum absolute atomic E-state index is 13.7. The van der Waals surface area contributed by atoms with Gasteiger partial charge in [0.15, 0.2) is 11.5 Å². The highest BCUT2D eigenvalue weighted by atomic mass is 32.2. The Morgan fingerprint density at radius 2 is 1.65 bits per heavy atom. The van der Waals surface area contributed by atoms with Crippen molar-refractivity contribution < 1.29 is 22.7 Å². The van der Waals surface area contributed by atoms with E-state index in [9.17, 15) is 13.2 Å². The molecule has 0 atom stereocenters. The number of rotatable bonds is 6. The molecular formula is C26H32N2O5S. The van der Waals surface area contributed by atoms with Crippen molar-refractivity contribution in [2.24, 2.45) is 0 Å². The van der Waals surface area contributed by atoms with E-state index in [0.29, 0.717) is 36.7 Å². The highest BCUT2D eigenvalue weighted by Crippen LogP contribution is 2.34. The first kappa shape index (κ1) is 23.2. The molecule has 0 bridgehead atoms. The number of benzene rings is 2. The molecule has 1 aliphatic carbocycles. The number of carbonyl (C=O) groups is 1. The lowest BCUT2D eigenvalue weighted by Gasteiger charge is -2.29. The van der Waals surface area contributed by atoms with Crippen molar-refractivity contribution in [1.82, 2.24) is 9.21 Å². The molecule has 3 aliphatic rings. The number of fused-ring (bicyclic) bond motifs is 1. The summed E-state index contributed by atoms with van der Waals surface area (Å²) in [6.07, 6.45) is 7.98. The molecule has 7 nitrogen and oxygen atoms in total. The normalized spacial score (nSPS) is 19.2. The Balaban J connectivity index is 1.41. The Morgan fingerprint density at radius 3 is 2.41 bits per heavy atom. The summed E-state index contributed by atoms with van der Waals surface area (Å²) in [5.74, 6) is 1.29. The standard InChI is InChI=1S/C26H32N2O5S/c29-26(21-8-7-11-23(17-21)34(30,31)27-14-5-1-2-6-15-27)28(22-9-3-4-10-22)18-20-12-13-24-25(16-20)33-19-32-24/h7-8,11-13,16-17,22H,1-6,9-10,14-15,18-19H2. The fourth-order valence-corrected chi connectivity index (χ4v) is 6.77. The number of nitrogens with zero attached hydrogens (tertiary/aromatic N) is 2. The van der Waals surface area contributed by atoms with Crippen molar-refractivity contribution in [2.75, 3.05) is 19.9 Å². The maximum atomic E-state index is 13.7. The van der Waals surface area contributed by atoms with Crippen LogP contribution in [0.15, 0.2) is 47.4 Å². The minimum absolute atomic E-state index is 0.127. The summed E-state index contributed by atoms with van der Waals surface area (Å²) < 4.78 is 39.1. The molecule has 2 fully saturated rings. The van der Waals surface area contributed by atoms with Gasteiger partial charge in [-0.2, -0.15) is 4.31 Å². The number of sulfonamides is 1. The molecule has 2 aromatic carbocycles. The number of amides is 1. The number of hydrogen-bond acceptors (Lipinski definition) is 5. The molecule has 0 radical (unpaired) electrons. The van der Waals surface area contributed by atoms with Crippen LogP contribution in [0.3, 0.4) is 0 Å². The van der Waals surface area contributed by atoms with Crippen molar-refractivity contribution in [3.8, 4) is 11.5 Å². The fourth-order valence-electron chi connectivity index (χ4n) is 5.21. The molecular weight excluding hydrogens is 452 g/mol. The van der Waals surface area contributed by atoms with Crippen LogP contribution in [0.25, 0.3) is 0 Å². The molecule has 1 amide bonds. The fraction of sp³-hybridized carbons (Fsp3) is 0.500. The number of carbonyl (C=O) groups excluding carboxylic acids is 1.